The first-order chi connectivity index (χ1) is 31.1. The molecule has 6 rings (SSSR count). The van der Waals surface area contributed by atoms with Crippen molar-refractivity contribution in [2.24, 2.45) is 35.5 Å². The van der Waals surface area contributed by atoms with Crippen molar-refractivity contribution in [2.75, 3.05) is 13.7 Å². The van der Waals surface area contributed by atoms with E-state index >= 15 is 0 Å². The number of H-pyrrole nitrogens is 3. The summed E-state index contributed by atoms with van der Waals surface area (Å²) in [6, 6.07) is -0.483. The average Bonchev–Trinajstić information content (AvgIpc) is 4.02. The molecule has 3 aliphatic rings. The summed E-state index contributed by atoms with van der Waals surface area (Å²) in [6.07, 6.45) is 23.3. The molecule has 65 heavy (non-hydrogen) atoms. The zero-order valence-electron chi connectivity index (χ0n) is 40.9. The standard InChI is InChI=1S/C55H76N4O6/c1-12-38-35(8)42-27-46-39(13-2)41(30-60)47(57-46)28-43-36(9)40(52(58-43)50-51(55(63)64-11)54(62)49-37(10)44(59-53(49)50)29-45(38)56-42)23-24-48(61)65-26-25-34(7)22-16-21-33(6)20-15-19-32(5)18-14-17-31(3)4/h13,25,27-33,36,40,51-52,56-59,62H,2,12,14-24,26H2,1,3-11H3/b34-25+,42-27-,43-28-,45-29-/t32-,33-,36+,40+,51-,52?/m1/s1. The zero-order chi connectivity index (χ0) is 47.1. The number of aliphatic hydroxyl groups excluding tert-OH is 1. The lowest BCUT2D eigenvalue weighted by Crippen LogP contribution is -2.38. The van der Waals surface area contributed by atoms with Crippen molar-refractivity contribution < 1.29 is 29.0 Å². The number of allylic oxidation sites excluding steroid dienone is 2. The Morgan fingerprint density at radius 1 is 0.862 bits per heavy atom. The van der Waals surface area contributed by atoms with Crippen LogP contribution in [0.4, 0.5) is 0 Å². The van der Waals surface area contributed by atoms with Crippen molar-refractivity contribution in [3.05, 3.63) is 90.1 Å². The number of hydrogen-bond donors (Lipinski definition) is 5. The molecular formula is C55H76N4O6. The van der Waals surface area contributed by atoms with Gasteiger partial charge in [0.25, 0.3) is 0 Å². The Bertz CT molecular complexity index is 2560. The number of nitrogens with one attached hydrogen (secondary N) is 4. The number of aliphatic hydroxyl groups is 1. The van der Waals surface area contributed by atoms with Crippen LogP contribution in [0.25, 0.3) is 35.6 Å². The smallest absolute Gasteiger partial charge is 0.320 e. The zero-order valence-corrected chi connectivity index (χ0v) is 40.9. The summed E-state index contributed by atoms with van der Waals surface area (Å²) < 4.78 is 11.1. The second-order valence-corrected chi connectivity index (χ2v) is 19.8. The van der Waals surface area contributed by atoms with Gasteiger partial charge in [0, 0.05) is 56.5 Å². The molecule has 0 aromatic carbocycles. The summed E-state index contributed by atoms with van der Waals surface area (Å²) in [5.41, 5.74) is 9.13. The van der Waals surface area contributed by atoms with E-state index in [1.54, 1.807) is 6.08 Å². The highest BCUT2D eigenvalue weighted by molar-refractivity contribution is 5.96. The van der Waals surface area contributed by atoms with Crippen LogP contribution in [0.5, 0.6) is 0 Å². The van der Waals surface area contributed by atoms with Crippen LogP contribution in [0.3, 0.4) is 0 Å². The van der Waals surface area contributed by atoms with E-state index in [1.807, 2.05) is 25.2 Å². The Morgan fingerprint density at radius 2 is 1.52 bits per heavy atom. The summed E-state index contributed by atoms with van der Waals surface area (Å²) in [5.74, 6) is 0.00571. The van der Waals surface area contributed by atoms with E-state index in [0.29, 0.717) is 45.3 Å². The normalized spacial score (nSPS) is 21.8. The molecular weight excluding hydrogens is 813 g/mol. The Balaban J connectivity index is 1.23. The Kier molecular flexibility index (Phi) is 16.5. The van der Waals surface area contributed by atoms with Gasteiger partial charge >= 0.3 is 11.9 Å². The van der Waals surface area contributed by atoms with E-state index in [0.717, 1.165) is 81.9 Å². The minimum absolute atomic E-state index is 0.0594. The number of fused-ring (bicyclic) bond motifs is 8. The number of aromatic nitrogens is 3. The Hall–Kier alpha value is -5.25. The van der Waals surface area contributed by atoms with E-state index < -0.39 is 17.9 Å². The molecule has 352 valence electrons. The van der Waals surface area contributed by atoms with Gasteiger partial charge in [0.05, 0.1) is 24.2 Å². The first-order valence-corrected chi connectivity index (χ1v) is 24.4. The Labute approximate surface area is 386 Å². The van der Waals surface area contributed by atoms with Gasteiger partial charge in [0.1, 0.15) is 18.3 Å². The van der Waals surface area contributed by atoms with Crippen molar-refractivity contribution >= 4 is 53.9 Å². The molecule has 1 unspecified atom stereocenters. The van der Waals surface area contributed by atoms with Gasteiger partial charge in [0.15, 0.2) is 6.29 Å². The van der Waals surface area contributed by atoms with Crippen molar-refractivity contribution in [3.8, 4) is 0 Å². The number of esters is 2. The second-order valence-electron chi connectivity index (χ2n) is 19.8. The van der Waals surface area contributed by atoms with Gasteiger partial charge in [-0.05, 0) is 117 Å². The number of carbonyl (C=O) groups excluding carboxylic acids is 3. The first-order valence-electron chi connectivity index (χ1n) is 24.4. The summed E-state index contributed by atoms with van der Waals surface area (Å²) in [6.45, 7) is 24.1. The van der Waals surface area contributed by atoms with Crippen LogP contribution in [-0.4, -0.2) is 58.0 Å². The van der Waals surface area contributed by atoms with E-state index in [2.05, 4.69) is 88.3 Å². The SMILES string of the molecule is C=Cc1c2[nH]c(c1C=O)/C=C1\NC(C3=c4[nH]c(c(C)c4=C(O)[C@@H]3C(=O)OC)/C=c3\[nH]/c(c(C)c3CC)=C\2)[C@@H](CCC(=O)OC/C=C(\C)CCC[C@H](C)CCC[C@H](C)CCCC(C)C)[C@@H]1C. The molecule has 8 bridgehead atoms. The van der Waals surface area contributed by atoms with Crippen LogP contribution in [0.1, 0.15) is 169 Å². The lowest BCUT2D eigenvalue weighted by molar-refractivity contribution is -0.143. The highest BCUT2D eigenvalue weighted by Crippen LogP contribution is 2.42. The van der Waals surface area contributed by atoms with Crippen LogP contribution >= 0.6 is 0 Å². The topological polar surface area (TPSA) is 149 Å². The molecule has 1 aliphatic carbocycles. The van der Waals surface area contributed by atoms with Crippen LogP contribution in [0, 0.1) is 49.4 Å². The highest BCUT2D eigenvalue weighted by atomic mass is 16.5. The molecule has 0 radical (unpaired) electrons. The average molecular weight is 889 g/mol. The maximum absolute atomic E-state index is 13.7. The third kappa shape index (κ3) is 10.9. The number of ether oxygens (including phenoxy) is 2. The van der Waals surface area contributed by atoms with Gasteiger partial charge in [-0.25, -0.2) is 0 Å². The van der Waals surface area contributed by atoms with Crippen LogP contribution in [0.15, 0.2) is 23.9 Å². The van der Waals surface area contributed by atoms with Crippen LogP contribution in [-0.2, 0) is 25.5 Å². The van der Waals surface area contributed by atoms with Gasteiger partial charge in [-0.3, -0.25) is 14.4 Å². The van der Waals surface area contributed by atoms with Crippen molar-refractivity contribution in [3.63, 3.8) is 0 Å². The molecule has 3 aromatic rings. The predicted octanol–water partition coefficient (Wildman–Crippen LogP) is 8.87. The lowest BCUT2D eigenvalue weighted by atomic mass is 9.80. The van der Waals surface area contributed by atoms with Gasteiger partial charge in [-0.15, -0.1) is 0 Å². The number of carbonyl (C=O) groups is 3. The summed E-state index contributed by atoms with van der Waals surface area (Å²) in [7, 11) is 1.33. The van der Waals surface area contributed by atoms with Crippen molar-refractivity contribution in [1.82, 2.24) is 20.3 Å². The van der Waals surface area contributed by atoms with Gasteiger partial charge in [-0.2, -0.15) is 0 Å². The molecule has 10 nitrogen and oxygen atoms in total. The minimum Gasteiger partial charge on any atom is -0.510 e. The van der Waals surface area contributed by atoms with E-state index in [1.165, 1.54) is 57.6 Å². The molecule has 5 heterocycles. The summed E-state index contributed by atoms with van der Waals surface area (Å²) >= 11 is 0. The molecule has 0 amide bonds. The molecule has 1 fully saturated rings. The number of aldehydes is 1. The van der Waals surface area contributed by atoms with E-state index in [4.69, 9.17) is 9.47 Å². The molecule has 1 saturated heterocycles. The third-order valence-corrected chi connectivity index (χ3v) is 14.7. The fraction of sp³-hybridized carbons (Fsp3) is 0.545. The largest absolute Gasteiger partial charge is 0.510 e. The van der Waals surface area contributed by atoms with Gasteiger partial charge < -0.3 is 34.8 Å². The summed E-state index contributed by atoms with van der Waals surface area (Å²) in [5, 5.41) is 18.8. The molecule has 6 atom stereocenters. The summed E-state index contributed by atoms with van der Waals surface area (Å²) in [4.78, 5) is 50.6. The van der Waals surface area contributed by atoms with Crippen molar-refractivity contribution in [1.29, 1.82) is 0 Å². The highest BCUT2D eigenvalue weighted by Gasteiger charge is 2.47. The lowest BCUT2D eigenvalue weighted by Gasteiger charge is -2.26. The van der Waals surface area contributed by atoms with Gasteiger partial charge in [0.2, 0.25) is 0 Å². The van der Waals surface area contributed by atoms with Gasteiger partial charge in [-0.1, -0.05) is 105 Å². The maximum Gasteiger partial charge on any atom is 0.320 e. The number of methoxy groups -OCH3 is 1. The molecule has 3 aromatic heterocycles. The molecule has 0 spiro atoms. The van der Waals surface area contributed by atoms with E-state index in [-0.39, 0.29) is 36.6 Å². The maximum atomic E-state index is 13.7. The minimum atomic E-state index is -1.05. The van der Waals surface area contributed by atoms with Crippen molar-refractivity contribution in [2.45, 2.75) is 145 Å². The third-order valence-electron chi connectivity index (χ3n) is 14.7. The van der Waals surface area contributed by atoms with Crippen LogP contribution < -0.4 is 26.6 Å². The fourth-order valence-electron chi connectivity index (χ4n) is 10.7. The Morgan fingerprint density at radius 3 is 2.17 bits per heavy atom. The predicted molar refractivity (Wildman–Crippen MR) is 264 cm³/mol. The molecule has 2 aliphatic heterocycles. The monoisotopic (exact) mass is 889 g/mol. The number of hydrogen-bond acceptors (Lipinski definition) is 7. The molecule has 0 saturated carbocycles. The number of aromatic amines is 3. The molecule has 10 heteroatoms. The van der Waals surface area contributed by atoms with Crippen LogP contribution in [0.2, 0.25) is 0 Å². The first kappa shape index (κ1) is 49.2. The number of rotatable bonds is 21. The fourth-order valence-corrected chi connectivity index (χ4v) is 10.7. The van der Waals surface area contributed by atoms with E-state index in [9.17, 15) is 19.5 Å². The quantitative estimate of drug-likeness (QED) is 0.0408. The molecule has 5 N–H and O–H groups in total. The second kappa shape index (κ2) is 21.8.